The van der Waals surface area contributed by atoms with Crippen molar-refractivity contribution in [3.63, 3.8) is 0 Å². The van der Waals surface area contributed by atoms with Gasteiger partial charge in [-0.3, -0.25) is 14.5 Å². The van der Waals surface area contributed by atoms with Crippen LogP contribution in [0, 0.1) is 0 Å². The van der Waals surface area contributed by atoms with Gasteiger partial charge in [0.25, 0.3) is 0 Å². The van der Waals surface area contributed by atoms with Crippen LogP contribution in [0.25, 0.3) is 0 Å². The molecule has 150 valence electrons. The second kappa shape index (κ2) is 11.6. The van der Waals surface area contributed by atoms with Gasteiger partial charge in [-0.05, 0) is 43.7 Å². The number of hydrogen-bond donors (Lipinski definition) is 2. The molecule has 1 aromatic carbocycles. The zero-order valence-electron chi connectivity index (χ0n) is 16.6. The van der Waals surface area contributed by atoms with Crippen LogP contribution in [0.4, 0.5) is 5.69 Å². The smallest absolute Gasteiger partial charge is 0.238 e. The fraction of sp³-hybridized carbons (Fsp3) is 0.619. The highest BCUT2D eigenvalue weighted by Gasteiger charge is 2.17. The van der Waals surface area contributed by atoms with Gasteiger partial charge in [0, 0.05) is 11.7 Å². The Morgan fingerprint density at radius 2 is 1.59 bits per heavy atom. The fourth-order valence-corrected chi connectivity index (χ4v) is 3.43. The lowest BCUT2D eigenvalue weighted by Gasteiger charge is -2.24. The van der Waals surface area contributed by atoms with Gasteiger partial charge in [-0.2, -0.15) is 0 Å². The van der Waals surface area contributed by atoms with Crippen LogP contribution >= 0.6 is 0 Å². The molecule has 0 aromatic heterocycles. The van der Waals surface area contributed by atoms with Gasteiger partial charge < -0.3 is 15.4 Å². The molecule has 2 amide bonds. The molecule has 1 aliphatic carbocycles. The minimum absolute atomic E-state index is 0.0136. The molecule has 6 nitrogen and oxygen atoms in total. The lowest BCUT2D eigenvalue weighted by Crippen LogP contribution is -2.44. The third kappa shape index (κ3) is 7.99. The third-order valence-corrected chi connectivity index (χ3v) is 5.03. The number of carbonyl (C=O) groups is 2. The standard InChI is InChI=1S/C21H33N3O3/c1-3-24(15-20(25)22-17-9-7-5-4-6-8-10-17)16-21(26)23-18-11-13-19(27-2)14-12-18/h11-14,17H,3-10,15-16H2,1-2H3,(H,22,25)(H,23,26). The lowest BCUT2D eigenvalue weighted by atomic mass is 9.97. The molecular weight excluding hydrogens is 342 g/mol. The molecule has 0 bridgehead atoms. The van der Waals surface area contributed by atoms with Crippen molar-refractivity contribution in [1.82, 2.24) is 10.2 Å². The van der Waals surface area contributed by atoms with Crippen LogP contribution in [0.1, 0.15) is 51.9 Å². The van der Waals surface area contributed by atoms with Crippen LogP contribution in [-0.2, 0) is 9.59 Å². The van der Waals surface area contributed by atoms with Crippen LogP contribution in [0.15, 0.2) is 24.3 Å². The minimum Gasteiger partial charge on any atom is -0.497 e. The van der Waals surface area contributed by atoms with Crippen molar-refractivity contribution >= 4 is 17.5 Å². The van der Waals surface area contributed by atoms with Gasteiger partial charge >= 0.3 is 0 Å². The maximum absolute atomic E-state index is 12.4. The molecule has 0 heterocycles. The van der Waals surface area contributed by atoms with Crippen molar-refractivity contribution in [2.75, 3.05) is 32.1 Å². The summed E-state index contributed by atoms with van der Waals surface area (Å²) in [6.07, 6.45) is 8.34. The topological polar surface area (TPSA) is 70.7 Å². The number of amides is 2. The van der Waals surface area contributed by atoms with E-state index in [2.05, 4.69) is 10.6 Å². The van der Waals surface area contributed by atoms with E-state index in [4.69, 9.17) is 4.74 Å². The average Bonchev–Trinajstić information content (AvgIpc) is 2.64. The van der Waals surface area contributed by atoms with Gasteiger partial charge in [0.2, 0.25) is 11.8 Å². The van der Waals surface area contributed by atoms with Crippen LogP contribution in [0.3, 0.4) is 0 Å². The van der Waals surface area contributed by atoms with Crippen molar-refractivity contribution < 1.29 is 14.3 Å². The average molecular weight is 376 g/mol. The van der Waals surface area contributed by atoms with Gasteiger partial charge in [-0.15, -0.1) is 0 Å². The largest absolute Gasteiger partial charge is 0.497 e. The zero-order valence-corrected chi connectivity index (χ0v) is 16.6. The van der Waals surface area contributed by atoms with Crippen LogP contribution in [-0.4, -0.2) is 49.5 Å². The molecule has 0 saturated heterocycles. The first-order valence-electron chi connectivity index (χ1n) is 10.1. The molecule has 0 radical (unpaired) electrons. The van der Waals surface area contributed by atoms with Crippen LogP contribution in [0.2, 0.25) is 0 Å². The van der Waals surface area contributed by atoms with Gasteiger partial charge in [0.05, 0.1) is 20.2 Å². The number of likely N-dealkylation sites (N-methyl/N-ethyl adjacent to an activating group) is 1. The highest BCUT2D eigenvalue weighted by atomic mass is 16.5. The van der Waals surface area contributed by atoms with Gasteiger partial charge in [-0.25, -0.2) is 0 Å². The van der Waals surface area contributed by atoms with Gasteiger partial charge in [0.1, 0.15) is 5.75 Å². The van der Waals surface area contributed by atoms with E-state index in [1.807, 2.05) is 11.8 Å². The van der Waals surface area contributed by atoms with E-state index in [0.717, 1.165) is 24.3 Å². The Labute approximate surface area is 162 Å². The molecular formula is C21H33N3O3. The number of nitrogens with zero attached hydrogens (tertiary/aromatic N) is 1. The Bertz CT molecular complexity index is 581. The molecule has 1 fully saturated rings. The van der Waals surface area contributed by atoms with Crippen molar-refractivity contribution in [3.8, 4) is 5.75 Å². The minimum atomic E-state index is -0.124. The first-order valence-corrected chi connectivity index (χ1v) is 10.1. The van der Waals surface area contributed by atoms with Crippen molar-refractivity contribution in [1.29, 1.82) is 0 Å². The summed E-state index contributed by atoms with van der Waals surface area (Å²) < 4.78 is 5.11. The summed E-state index contributed by atoms with van der Waals surface area (Å²) >= 11 is 0. The SMILES string of the molecule is CCN(CC(=O)Nc1ccc(OC)cc1)CC(=O)NC1CCCCCCC1. The van der Waals surface area contributed by atoms with E-state index >= 15 is 0 Å². The van der Waals surface area contributed by atoms with Crippen molar-refractivity contribution in [2.45, 2.75) is 57.9 Å². The molecule has 6 heteroatoms. The highest BCUT2D eigenvalue weighted by molar-refractivity contribution is 5.92. The lowest BCUT2D eigenvalue weighted by molar-refractivity contribution is -0.124. The second-order valence-corrected chi connectivity index (χ2v) is 7.19. The Kier molecular flexibility index (Phi) is 9.11. The van der Waals surface area contributed by atoms with E-state index in [1.54, 1.807) is 31.4 Å². The summed E-state index contributed by atoms with van der Waals surface area (Å²) in [6, 6.07) is 7.48. The molecule has 1 aromatic rings. The van der Waals surface area contributed by atoms with E-state index in [9.17, 15) is 9.59 Å². The molecule has 0 unspecified atom stereocenters. The molecule has 2 N–H and O–H groups in total. The summed E-state index contributed by atoms with van der Waals surface area (Å²) in [7, 11) is 1.61. The second-order valence-electron chi connectivity index (χ2n) is 7.19. The quantitative estimate of drug-likeness (QED) is 0.732. The maximum atomic E-state index is 12.4. The molecule has 2 rings (SSSR count). The maximum Gasteiger partial charge on any atom is 0.238 e. The number of rotatable bonds is 8. The predicted molar refractivity (Wildman–Crippen MR) is 108 cm³/mol. The summed E-state index contributed by atoms with van der Waals surface area (Å²) in [6.45, 7) is 3.06. The van der Waals surface area contributed by atoms with E-state index in [1.165, 1.54) is 32.1 Å². The van der Waals surface area contributed by atoms with Crippen molar-refractivity contribution in [2.24, 2.45) is 0 Å². The van der Waals surface area contributed by atoms with E-state index in [-0.39, 0.29) is 30.9 Å². The number of carbonyl (C=O) groups excluding carboxylic acids is 2. The van der Waals surface area contributed by atoms with Crippen LogP contribution in [0.5, 0.6) is 5.75 Å². The molecule has 0 aliphatic heterocycles. The van der Waals surface area contributed by atoms with E-state index < -0.39 is 0 Å². The zero-order chi connectivity index (χ0) is 19.5. The Morgan fingerprint density at radius 1 is 1.00 bits per heavy atom. The van der Waals surface area contributed by atoms with E-state index in [0.29, 0.717) is 6.54 Å². The summed E-state index contributed by atoms with van der Waals surface area (Å²) in [5, 5.41) is 6.02. The Morgan fingerprint density at radius 3 is 2.19 bits per heavy atom. The number of hydrogen-bond acceptors (Lipinski definition) is 4. The van der Waals surface area contributed by atoms with Crippen molar-refractivity contribution in [3.05, 3.63) is 24.3 Å². The molecule has 0 spiro atoms. The first-order chi connectivity index (χ1) is 13.1. The number of benzene rings is 1. The highest BCUT2D eigenvalue weighted by Crippen LogP contribution is 2.17. The monoisotopic (exact) mass is 375 g/mol. The van der Waals surface area contributed by atoms with Gasteiger partial charge in [-0.1, -0.05) is 39.0 Å². The Balaban J connectivity index is 1.77. The fourth-order valence-electron chi connectivity index (χ4n) is 3.43. The predicted octanol–water partition coefficient (Wildman–Crippen LogP) is 3.18. The number of ether oxygens (including phenoxy) is 1. The summed E-state index contributed by atoms with van der Waals surface area (Å²) in [4.78, 5) is 26.5. The molecule has 1 saturated carbocycles. The normalized spacial score (nSPS) is 15.7. The summed E-state index contributed by atoms with van der Waals surface area (Å²) in [5.41, 5.74) is 0.718. The summed E-state index contributed by atoms with van der Waals surface area (Å²) in [5.74, 6) is 0.634. The third-order valence-electron chi connectivity index (χ3n) is 5.03. The number of nitrogens with one attached hydrogen (secondary N) is 2. The molecule has 1 aliphatic rings. The molecule has 0 atom stereocenters. The van der Waals surface area contributed by atoms with Crippen LogP contribution < -0.4 is 15.4 Å². The first kappa shape index (κ1) is 21.2. The number of anilines is 1. The number of methoxy groups -OCH3 is 1. The Hall–Kier alpha value is -2.08. The molecule has 27 heavy (non-hydrogen) atoms. The van der Waals surface area contributed by atoms with Gasteiger partial charge in [0.15, 0.2) is 0 Å².